The Morgan fingerprint density at radius 1 is 0.209 bits per heavy atom. The molecule has 2 aliphatic rings. The lowest BCUT2D eigenvalue weighted by Crippen LogP contribution is -2.25. The summed E-state index contributed by atoms with van der Waals surface area (Å²) in [5.74, 6) is 1.91. The molecule has 0 fully saturated rings. The van der Waals surface area contributed by atoms with Gasteiger partial charge in [0.25, 0.3) is 0 Å². The van der Waals surface area contributed by atoms with Crippen LogP contribution in [0.25, 0.3) is 121 Å². The molecule has 13 aromatic rings. The van der Waals surface area contributed by atoms with Crippen LogP contribution in [0.2, 0.25) is 0 Å². The summed E-state index contributed by atoms with van der Waals surface area (Å²) >= 11 is 0. The van der Waals surface area contributed by atoms with Gasteiger partial charge in [-0.05, 0) is 127 Å². The molecule has 0 aliphatic heterocycles. The van der Waals surface area contributed by atoms with Crippen LogP contribution in [-0.4, -0.2) is 15.0 Å². The number of nitrogens with zero attached hydrogens (tertiary/aromatic N) is 3. The maximum atomic E-state index is 5.42. The Morgan fingerprint density at radius 3 is 0.866 bits per heavy atom. The zero-order valence-corrected chi connectivity index (χ0v) is 36.2. The molecule has 0 saturated heterocycles. The van der Waals surface area contributed by atoms with Crippen molar-refractivity contribution in [2.75, 3.05) is 0 Å². The van der Waals surface area contributed by atoms with Crippen molar-refractivity contribution < 1.29 is 0 Å². The van der Waals surface area contributed by atoms with Crippen molar-refractivity contribution in [1.29, 1.82) is 0 Å². The highest BCUT2D eigenvalue weighted by Gasteiger charge is 2.51. The molecule has 0 radical (unpaired) electrons. The second-order valence-corrected chi connectivity index (χ2v) is 18.2. The first-order valence-electron chi connectivity index (χ1n) is 23.1. The predicted octanol–water partition coefficient (Wildman–Crippen LogP) is 16.1. The van der Waals surface area contributed by atoms with Gasteiger partial charge >= 0.3 is 0 Å². The van der Waals surface area contributed by atoms with Gasteiger partial charge in [0.05, 0.1) is 5.41 Å². The summed E-state index contributed by atoms with van der Waals surface area (Å²) < 4.78 is 0. The van der Waals surface area contributed by atoms with Gasteiger partial charge in [0.15, 0.2) is 17.5 Å². The Bertz CT molecular complexity index is 4000. The molecule has 3 heteroatoms. The van der Waals surface area contributed by atoms with Crippen LogP contribution >= 0.6 is 0 Å². The van der Waals surface area contributed by atoms with E-state index in [2.05, 4.69) is 224 Å². The molecule has 15 rings (SSSR count). The monoisotopic (exact) mass is 847 g/mol. The third-order valence-electron chi connectivity index (χ3n) is 14.9. The average molecular weight is 848 g/mol. The fourth-order valence-electron chi connectivity index (χ4n) is 12.1. The Kier molecular flexibility index (Phi) is 7.43. The predicted molar refractivity (Wildman–Crippen MR) is 277 cm³/mol. The molecule has 67 heavy (non-hydrogen) atoms. The van der Waals surface area contributed by atoms with Crippen LogP contribution in [0.5, 0.6) is 0 Å². The van der Waals surface area contributed by atoms with E-state index < -0.39 is 5.41 Å². The SMILES string of the molecule is c1ccc2c(c1)-c1ccccc1C21c2ccccc2-c2cc(-c3nc(-c4ccc5c6ccccc6c6ccccc6c5c4)nc(-c4ccc5c6ccccc6c6ccccc6c5c4)n3)ccc21. The Labute approximate surface area is 386 Å². The van der Waals surface area contributed by atoms with Crippen molar-refractivity contribution in [2.45, 2.75) is 5.41 Å². The highest BCUT2D eigenvalue weighted by Crippen LogP contribution is 2.63. The minimum absolute atomic E-state index is 0.427. The number of rotatable bonds is 3. The molecule has 1 aromatic heterocycles. The van der Waals surface area contributed by atoms with Gasteiger partial charge in [-0.3, -0.25) is 0 Å². The van der Waals surface area contributed by atoms with E-state index in [4.69, 9.17) is 15.0 Å². The second-order valence-electron chi connectivity index (χ2n) is 18.2. The molecule has 0 bridgehead atoms. The fraction of sp³-hybridized carbons (Fsp3) is 0.0156. The van der Waals surface area contributed by atoms with Crippen molar-refractivity contribution in [1.82, 2.24) is 15.0 Å². The molecule has 0 unspecified atom stereocenters. The zero-order chi connectivity index (χ0) is 43.8. The van der Waals surface area contributed by atoms with E-state index in [1.54, 1.807) is 0 Å². The molecule has 2 aliphatic carbocycles. The molecular weight excluding hydrogens is 811 g/mol. The van der Waals surface area contributed by atoms with Crippen molar-refractivity contribution >= 4 is 64.6 Å². The van der Waals surface area contributed by atoms with E-state index in [-0.39, 0.29) is 0 Å². The molecule has 0 amide bonds. The first-order valence-corrected chi connectivity index (χ1v) is 23.1. The van der Waals surface area contributed by atoms with E-state index >= 15 is 0 Å². The maximum Gasteiger partial charge on any atom is 0.164 e. The standard InChI is InChI=1S/C64H37N3/c1-3-19-45-41(15-1)43-17-5-7-21-47(43)54-35-38(29-32-49(45)54)61-65-62(39-30-33-50-46-20-4-2-16-42(46)44-18-6-8-22-48(44)55(50)36-39)67-63(66-61)40-31-34-60-56(37-40)53-25-11-14-28-59(53)64(60)57-26-12-9-23-51(57)52-24-10-13-27-58(52)64/h1-37H. The summed E-state index contributed by atoms with van der Waals surface area (Å²) in [4.78, 5) is 16.2. The number of hydrogen-bond acceptors (Lipinski definition) is 3. The summed E-state index contributed by atoms with van der Waals surface area (Å²) in [6.45, 7) is 0. The van der Waals surface area contributed by atoms with Crippen molar-refractivity contribution in [3.63, 3.8) is 0 Å². The van der Waals surface area contributed by atoms with Crippen LogP contribution in [0.4, 0.5) is 0 Å². The summed E-state index contributed by atoms with van der Waals surface area (Å²) in [5.41, 5.74) is 12.7. The molecule has 308 valence electrons. The molecule has 12 aromatic carbocycles. The average Bonchev–Trinajstić information content (AvgIpc) is 3.88. The minimum Gasteiger partial charge on any atom is -0.208 e. The van der Waals surface area contributed by atoms with Gasteiger partial charge in [-0.25, -0.2) is 15.0 Å². The van der Waals surface area contributed by atoms with Crippen LogP contribution in [0.15, 0.2) is 224 Å². The van der Waals surface area contributed by atoms with E-state index in [0.29, 0.717) is 17.5 Å². The summed E-state index contributed by atoms with van der Waals surface area (Å²) in [6.07, 6.45) is 0. The molecule has 3 nitrogen and oxygen atoms in total. The van der Waals surface area contributed by atoms with Gasteiger partial charge in [-0.1, -0.05) is 206 Å². The van der Waals surface area contributed by atoms with Crippen LogP contribution in [0.1, 0.15) is 22.3 Å². The topological polar surface area (TPSA) is 38.7 Å². The summed E-state index contributed by atoms with van der Waals surface area (Å²) in [7, 11) is 0. The van der Waals surface area contributed by atoms with Crippen molar-refractivity contribution in [2.24, 2.45) is 0 Å². The zero-order valence-electron chi connectivity index (χ0n) is 36.2. The lowest BCUT2D eigenvalue weighted by Gasteiger charge is -2.30. The van der Waals surface area contributed by atoms with Gasteiger partial charge in [0.1, 0.15) is 0 Å². The first-order chi connectivity index (χ1) is 33.2. The molecule has 0 atom stereocenters. The summed E-state index contributed by atoms with van der Waals surface area (Å²) in [6, 6.07) is 82.1. The van der Waals surface area contributed by atoms with Crippen molar-refractivity contribution in [3.8, 4) is 56.4 Å². The number of fused-ring (bicyclic) bond motifs is 22. The third-order valence-corrected chi connectivity index (χ3v) is 14.9. The molecule has 0 N–H and O–H groups in total. The van der Waals surface area contributed by atoms with E-state index in [0.717, 1.165) is 16.7 Å². The normalized spacial score (nSPS) is 13.2. The van der Waals surface area contributed by atoms with Crippen LogP contribution in [-0.2, 0) is 5.41 Å². The van der Waals surface area contributed by atoms with Crippen LogP contribution in [0.3, 0.4) is 0 Å². The lowest BCUT2D eigenvalue weighted by molar-refractivity contribution is 0.794. The molecule has 0 saturated carbocycles. The van der Waals surface area contributed by atoms with Gasteiger partial charge < -0.3 is 0 Å². The quantitative estimate of drug-likeness (QED) is 0.166. The smallest absolute Gasteiger partial charge is 0.164 e. The lowest BCUT2D eigenvalue weighted by atomic mass is 9.70. The van der Waals surface area contributed by atoms with Crippen LogP contribution in [0, 0.1) is 0 Å². The van der Waals surface area contributed by atoms with Gasteiger partial charge in [-0.15, -0.1) is 0 Å². The number of benzene rings is 12. The number of aromatic nitrogens is 3. The highest BCUT2D eigenvalue weighted by molar-refractivity contribution is 6.27. The van der Waals surface area contributed by atoms with Gasteiger partial charge in [0.2, 0.25) is 0 Å². The van der Waals surface area contributed by atoms with E-state index in [1.165, 1.54) is 109 Å². The molecule has 1 heterocycles. The fourth-order valence-corrected chi connectivity index (χ4v) is 12.1. The second kappa shape index (κ2) is 13.6. The van der Waals surface area contributed by atoms with Crippen LogP contribution < -0.4 is 0 Å². The van der Waals surface area contributed by atoms with E-state index in [9.17, 15) is 0 Å². The third kappa shape index (κ3) is 4.98. The van der Waals surface area contributed by atoms with Gasteiger partial charge in [0, 0.05) is 16.7 Å². The number of hydrogen-bond donors (Lipinski definition) is 0. The van der Waals surface area contributed by atoms with E-state index in [1.807, 2.05) is 0 Å². The minimum atomic E-state index is -0.427. The molecule has 1 spiro atoms. The van der Waals surface area contributed by atoms with Gasteiger partial charge in [-0.2, -0.15) is 0 Å². The maximum absolute atomic E-state index is 5.42. The Morgan fingerprint density at radius 2 is 0.478 bits per heavy atom. The molecular formula is C64H37N3. The summed E-state index contributed by atoms with van der Waals surface area (Å²) in [5, 5.41) is 14.6. The largest absolute Gasteiger partial charge is 0.208 e. The van der Waals surface area contributed by atoms with Crippen molar-refractivity contribution in [3.05, 3.63) is 247 Å². The Balaban J connectivity index is 0.981. The Hall–Kier alpha value is -8.79. The first kappa shape index (κ1) is 36.5. The highest BCUT2D eigenvalue weighted by atomic mass is 15.0.